The minimum Gasteiger partial charge on any atom is -0.497 e. The number of hydrogen-bond donors (Lipinski definition) is 1. The van der Waals surface area contributed by atoms with Gasteiger partial charge in [0.15, 0.2) is 0 Å². The number of benzene rings is 3. The van der Waals surface area contributed by atoms with E-state index in [-0.39, 0.29) is 31.4 Å². The molecule has 2 amide bonds. The first kappa shape index (κ1) is 25.9. The van der Waals surface area contributed by atoms with Crippen LogP contribution in [0, 0.1) is 0 Å². The van der Waals surface area contributed by atoms with Crippen LogP contribution in [-0.2, 0) is 22.7 Å². The largest absolute Gasteiger partial charge is 0.497 e. The standard InChI is InChI=1S/C28H26N6O4S/c1-37-20-12-13-22(25(14-20)38-2)29-26(35)15-33(16-27-30-23(18-39-27)19-8-4-3-5-9-19)28(36)17-34-24-11-7-6-10-21(24)31-32-34/h3-14,18H,15-17H2,1-2H3,(H,29,35). The van der Waals surface area contributed by atoms with Crippen LogP contribution >= 0.6 is 11.3 Å². The van der Waals surface area contributed by atoms with Crippen molar-refractivity contribution < 1.29 is 19.1 Å². The molecule has 0 saturated carbocycles. The van der Waals surface area contributed by atoms with Gasteiger partial charge in [0.1, 0.15) is 35.1 Å². The van der Waals surface area contributed by atoms with E-state index in [4.69, 9.17) is 14.5 Å². The van der Waals surface area contributed by atoms with Gasteiger partial charge in [-0.05, 0) is 24.3 Å². The van der Waals surface area contributed by atoms with Crippen molar-refractivity contribution in [1.82, 2.24) is 24.9 Å². The summed E-state index contributed by atoms with van der Waals surface area (Å²) in [6.07, 6.45) is 0. The molecule has 0 spiro atoms. The number of nitrogens with one attached hydrogen (secondary N) is 1. The Hall–Kier alpha value is -4.77. The Bertz CT molecular complexity index is 1600. The lowest BCUT2D eigenvalue weighted by atomic mass is 10.2. The maximum atomic E-state index is 13.5. The van der Waals surface area contributed by atoms with Gasteiger partial charge in [-0.3, -0.25) is 9.59 Å². The molecule has 0 aliphatic rings. The first-order valence-corrected chi connectivity index (χ1v) is 13.0. The Balaban J connectivity index is 1.37. The number of hydrogen-bond acceptors (Lipinski definition) is 8. The second-order valence-corrected chi connectivity index (χ2v) is 9.54. The molecule has 0 aliphatic carbocycles. The van der Waals surface area contributed by atoms with Crippen molar-refractivity contribution in [2.24, 2.45) is 0 Å². The number of methoxy groups -OCH3 is 2. The number of carbonyl (C=O) groups is 2. The number of fused-ring (bicyclic) bond motifs is 1. The molecule has 10 nitrogen and oxygen atoms in total. The van der Waals surface area contributed by atoms with Gasteiger partial charge < -0.3 is 19.7 Å². The molecular weight excluding hydrogens is 516 g/mol. The van der Waals surface area contributed by atoms with Crippen LogP contribution in [0.4, 0.5) is 5.69 Å². The summed E-state index contributed by atoms with van der Waals surface area (Å²) >= 11 is 1.44. The van der Waals surface area contributed by atoms with E-state index in [1.165, 1.54) is 28.0 Å². The van der Waals surface area contributed by atoms with Crippen LogP contribution in [0.3, 0.4) is 0 Å². The summed E-state index contributed by atoms with van der Waals surface area (Å²) in [5.74, 6) is 0.371. The highest BCUT2D eigenvalue weighted by molar-refractivity contribution is 7.09. The second-order valence-electron chi connectivity index (χ2n) is 8.59. The van der Waals surface area contributed by atoms with Gasteiger partial charge in [0, 0.05) is 17.0 Å². The van der Waals surface area contributed by atoms with Gasteiger partial charge in [0.25, 0.3) is 0 Å². The lowest BCUT2D eigenvalue weighted by Gasteiger charge is -2.22. The summed E-state index contributed by atoms with van der Waals surface area (Å²) in [4.78, 5) is 32.8. The molecule has 1 N–H and O–H groups in total. The van der Waals surface area contributed by atoms with Crippen molar-refractivity contribution in [3.8, 4) is 22.8 Å². The predicted molar refractivity (Wildman–Crippen MR) is 149 cm³/mol. The maximum Gasteiger partial charge on any atom is 0.245 e. The number of rotatable bonds is 10. The Morgan fingerprint density at radius 2 is 1.79 bits per heavy atom. The van der Waals surface area contributed by atoms with Gasteiger partial charge in [-0.1, -0.05) is 47.7 Å². The quantitative estimate of drug-likeness (QED) is 0.281. The topological polar surface area (TPSA) is 111 Å². The Kier molecular flexibility index (Phi) is 7.78. The van der Waals surface area contributed by atoms with E-state index in [0.717, 1.165) is 16.8 Å². The van der Waals surface area contributed by atoms with Crippen molar-refractivity contribution in [3.05, 3.63) is 83.2 Å². The Labute approximate surface area is 228 Å². The summed E-state index contributed by atoms with van der Waals surface area (Å²) < 4.78 is 12.2. The molecule has 2 aromatic heterocycles. The second kappa shape index (κ2) is 11.7. The van der Waals surface area contributed by atoms with Crippen LogP contribution in [0.15, 0.2) is 78.2 Å². The Morgan fingerprint density at radius 1 is 1.00 bits per heavy atom. The Morgan fingerprint density at radius 3 is 2.59 bits per heavy atom. The third-order valence-corrected chi connectivity index (χ3v) is 6.86. The molecule has 0 radical (unpaired) electrons. The van der Waals surface area contributed by atoms with Gasteiger partial charge in [0.05, 0.1) is 37.7 Å². The highest BCUT2D eigenvalue weighted by Gasteiger charge is 2.22. The molecule has 0 aliphatic heterocycles. The number of aromatic nitrogens is 4. The summed E-state index contributed by atoms with van der Waals surface area (Å²) in [6.45, 7) is -0.104. The average Bonchev–Trinajstić information content (AvgIpc) is 3.60. The molecule has 198 valence electrons. The SMILES string of the molecule is COc1ccc(NC(=O)CN(Cc2nc(-c3ccccc3)cs2)C(=O)Cn2nnc3ccccc32)c(OC)c1. The molecule has 5 rings (SSSR count). The molecular formula is C28H26N6O4S. The highest BCUT2D eigenvalue weighted by atomic mass is 32.1. The molecule has 0 saturated heterocycles. The summed E-state index contributed by atoms with van der Waals surface area (Å²) in [7, 11) is 3.06. The molecule has 39 heavy (non-hydrogen) atoms. The van der Waals surface area contributed by atoms with E-state index in [0.29, 0.717) is 27.7 Å². The van der Waals surface area contributed by atoms with E-state index < -0.39 is 0 Å². The monoisotopic (exact) mass is 542 g/mol. The highest BCUT2D eigenvalue weighted by Crippen LogP contribution is 2.29. The zero-order valence-electron chi connectivity index (χ0n) is 21.4. The predicted octanol–water partition coefficient (Wildman–Crippen LogP) is 4.24. The van der Waals surface area contributed by atoms with E-state index in [1.807, 2.05) is 60.0 Å². The van der Waals surface area contributed by atoms with Crippen molar-refractivity contribution in [2.75, 3.05) is 26.1 Å². The first-order chi connectivity index (χ1) is 19.0. The fraction of sp³-hybridized carbons (Fsp3) is 0.179. The van der Waals surface area contributed by atoms with Gasteiger partial charge in [-0.2, -0.15) is 0 Å². The van der Waals surface area contributed by atoms with Crippen LogP contribution in [0.5, 0.6) is 11.5 Å². The van der Waals surface area contributed by atoms with Gasteiger partial charge >= 0.3 is 0 Å². The normalized spacial score (nSPS) is 10.8. The van der Waals surface area contributed by atoms with E-state index in [2.05, 4.69) is 15.6 Å². The van der Waals surface area contributed by atoms with Crippen LogP contribution in [0.25, 0.3) is 22.3 Å². The van der Waals surface area contributed by atoms with Gasteiger partial charge in [0.2, 0.25) is 11.8 Å². The molecule has 0 bridgehead atoms. The number of amides is 2. The van der Waals surface area contributed by atoms with Gasteiger partial charge in [-0.15, -0.1) is 16.4 Å². The minimum atomic E-state index is -0.380. The number of anilines is 1. The molecule has 11 heteroatoms. The van der Waals surface area contributed by atoms with E-state index in [9.17, 15) is 9.59 Å². The van der Waals surface area contributed by atoms with Crippen LogP contribution in [0.2, 0.25) is 0 Å². The lowest BCUT2D eigenvalue weighted by Crippen LogP contribution is -2.39. The van der Waals surface area contributed by atoms with Gasteiger partial charge in [-0.25, -0.2) is 9.67 Å². The van der Waals surface area contributed by atoms with Crippen LogP contribution in [0.1, 0.15) is 5.01 Å². The molecule has 0 atom stereocenters. The zero-order valence-corrected chi connectivity index (χ0v) is 22.2. The number of nitrogens with zero attached hydrogens (tertiary/aromatic N) is 5. The third kappa shape index (κ3) is 6.04. The minimum absolute atomic E-state index is 0.0728. The van der Waals surface area contributed by atoms with E-state index >= 15 is 0 Å². The van der Waals surface area contributed by atoms with Crippen molar-refractivity contribution in [2.45, 2.75) is 13.1 Å². The molecule has 0 unspecified atom stereocenters. The summed E-state index contributed by atoms with van der Waals surface area (Å²) in [6, 6.07) is 22.3. The van der Waals surface area contributed by atoms with E-state index in [1.54, 1.807) is 25.3 Å². The number of para-hydroxylation sites is 1. The fourth-order valence-electron chi connectivity index (χ4n) is 4.05. The third-order valence-electron chi connectivity index (χ3n) is 6.02. The fourth-order valence-corrected chi connectivity index (χ4v) is 4.87. The number of ether oxygens (including phenoxy) is 2. The van der Waals surface area contributed by atoms with Crippen molar-refractivity contribution in [3.63, 3.8) is 0 Å². The number of carbonyl (C=O) groups excluding carboxylic acids is 2. The maximum absolute atomic E-state index is 13.5. The smallest absolute Gasteiger partial charge is 0.245 e. The zero-order chi connectivity index (χ0) is 27.2. The summed E-state index contributed by atoms with van der Waals surface area (Å²) in [5.41, 5.74) is 3.69. The first-order valence-electron chi connectivity index (χ1n) is 12.1. The molecule has 3 aromatic carbocycles. The number of thiazole rings is 1. The van der Waals surface area contributed by atoms with Crippen LogP contribution < -0.4 is 14.8 Å². The van der Waals surface area contributed by atoms with Crippen LogP contribution in [-0.4, -0.2) is 57.5 Å². The summed E-state index contributed by atoms with van der Waals surface area (Å²) in [5, 5.41) is 13.8. The lowest BCUT2D eigenvalue weighted by molar-refractivity contribution is -0.136. The average molecular weight is 543 g/mol. The van der Waals surface area contributed by atoms with Crippen molar-refractivity contribution in [1.29, 1.82) is 0 Å². The van der Waals surface area contributed by atoms with Crippen molar-refractivity contribution >= 4 is 39.9 Å². The molecule has 5 aromatic rings. The molecule has 2 heterocycles. The molecule has 0 fully saturated rings.